The number of fused-ring (bicyclic) bond motifs is 2. The Morgan fingerprint density at radius 3 is 2.18 bits per heavy atom. The Balaban J connectivity index is 1.61. The van der Waals surface area contributed by atoms with E-state index in [0.29, 0.717) is 52.2 Å². The van der Waals surface area contributed by atoms with E-state index in [4.69, 9.17) is 14.2 Å². The zero-order chi connectivity index (χ0) is 35.1. The third kappa shape index (κ3) is 6.36. The standard InChI is InChI=1S/C40H40O9/c1-20(2)6-7-23(21(3)4)16-30-39-35(31(45)19-33(48-39)29-13-12-26(42)18-32(29)47-5)37(46)36-34(24-14-27(43)17-28(44)15-24)38(49-40(30)36)22-8-10-25(41)11-9-22/h6,8-15,17-18,23,33-34,38,41-44,46H,3,7,16,19H2,1-2,4-5H3/t23-,33+,34-,38+/m1/s1. The summed E-state index contributed by atoms with van der Waals surface area (Å²) >= 11 is 0. The van der Waals surface area contributed by atoms with Crippen LogP contribution in [-0.2, 0) is 6.42 Å². The van der Waals surface area contributed by atoms with Gasteiger partial charge in [0.25, 0.3) is 0 Å². The Labute approximate surface area is 285 Å². The van der Waals surface area contributed by atoms with Crippen LogP contribution < -0.4 is 14.2 Å². The molecular formula is C40H40O9. The van der Waals surface area contributed by atoms with E-state index < -0.39 is 18.1 Å². The molecule has 0 amide bonds. The lowest BCUT2D eigenvalue weighted by Gasteiger charge is -2.31. The molecule has 0 fully saturated rings. The van der Waals surface area contributed by atoms with Crippen molar-refractivity contribution in [1.29, 1.82) is 0 Å². The van der Waals surface area contributed by atoms with Gasteiger partial charge in [0.1, 0.15) is 63.8 Å². The lowest BCUT2D eigenvalue weighted by molar-refractivity contribution is 0.0838. The fourth-order valence-electron chi connectivity index (χ4n) is 6.85. The summed E-state index contributed by atoms with van der Waals surface area (Å²) in [6.45, 7) is 10.3. The molecule has 0 saturated carbocycles. The fourth-order valence-corrected chi connectivity index (χ4v) is 6.85. The molecule has 0 radical (unpaired) electrons. The zero-order valence-corrected chi connectivity index (χ0v) is 27.9. The number of ketones is 1. The second-order valence-electron chi connectivity index (χ2n) is 13.1. The molecule has 0 spiro atoms. The highest BCUT2D eigenvalue weighted by atomic mass is 16.5. The van der Waals surface area contributed by atoms with Gasteiger partial charge in [0.05, 0.1) is 19.4 Å². The molecular weight excluding hydrogens is 624 g/mol. The molecule has 4 aromatic rings. The molecule has 0 aliphatic carbocycles. The molecule has 0 unspecified atom stereocenters. The molecule has 5 N–H and O–H groups in total. The Hall–Kier alpha value is -5.57. The van der Waals surface area contributed by atoms with Crippen LogP contribution in [0.4, 0.5) is 0 Å². The summed E-state index contributed by atoms with van der Waals surface area (Å²) < 4.78 is 19.0. The van der Waals surface area contributed by atoms with Crippen LogP contribution >= 0.6 is 0 Å². The average Bonchev–Trinajstić information content (AvgIpc) is 3.44. The van der Waals surface area contributed by atoms with Crippen LogP contribution in [0.25, 0.3) is 0 Å². The number of hydrogen-bond donors (Lipinski definition) is 5. The number of benzene rings is 4. The average molecular weight is 665 g/mol. The zero-order valence-electron chi connectivity index (χ0n) is 27.9. The second-order valence-corrected chi connectivity index (χ2v) is 13.1. The quantitative estimate of drug-likeness (QED) is 0.112. The number of carbonyl (C=O) groups excluding carboxylic acids is 1. The van der Waals surface area contributed by atoms with Gasteiger partial charge in [0.2, 0.25) is 0 Å². The smallest absolute Gasteiger partial charge is 0.174 e. The van der Waals surface area contributed by atoms with Crippen molar-refractivity contribution in [1.82, 2.24) is 0 Å². The highest BCUT2D eigenvalue weighted by Crippen LogP contribution is 2.60. The lowest BCUT2D eigenvalue weighted by Crippen LogP contribution is -2.23. The van der Waals surface area contributed by atoms with Crippen molar-refractivity contribution in [2.45, 2.75) is 58.2 Å². The molecule has 4 aromatic carbocycles. The highest BCUT2D eigenvalue weighted by molar-refractivity contribution is 6.04. The maximum Gasteiger partial charge on any atom is 0.174 e. The third-order valence-corrected chi connectivity index (χ3v) is 9.31. The van der Waals surface area contributed by atoms with Crippen molar-refractivity contribution in [3.05, 3.63) is 118 Å². The van der Waals surface area contributed by atoms with E-state index in [2.05, 4.69) is 12.7 Å². The number of ether oxygens (including phenoxy) is 3. The monoisotopic (exact) mass is 664 g/mol. The summed E-state index contributed by atoms with van der Waals surface area (Å²) in [5, 5.41) is 53.3. The van der Waals surface area contributed by atoms with Gasteiger partial charge in [-0.3, -0.25) is 4.79 Å². The van der Waals surface area contributed by atoms with Gasteiger partial charge in [0, 0.05) is 28.8 Å². The van der Waals surface area contributed by atoms with Gasteiger partial charge in [-0.25, -0.2) is 0 Å². The minimum absolute atomic E-state index is 0.000520. The van der Waals surface area contributed by atoms with E-state index in [1.807, 2.05) is 20.8 Å². The molecule has 254 valence electrons. The third-order valence-electron chi connectivity index (χ3n) is 9.31. The summed E-state index contributed by atoms with van der Waals surface area (Å²) in [6, 6.07) is 15.3. The highest BCUT2D eigenvalue weighted by Gasteiger charge is 2.46. The Bertz CT molecular complexity index is 1950. The predicted molar refractivity (Wildman–Crippen MR) is 184 cm³/mol. The maximum atomic E-state index is 14.2. The summed E-state index contributed by atoms with van der Waals surface area (Å²) in [5.41, 5.74) is 4.65. The minimum atomic E-state index is -0.791. The van der Waals surface area contributed by atoms with E-state index in [1.54, 1.807) is 18.2 Å². The predicted octanol–water partition coefficient (Wildman–Crippen LogP) is 8.29. The Morgan fingerprint density at radius 1 is 0.878 bits per heavy atom. The van der Waals surface area contributed by atoms with Crippen LogP contribution in [0.2, 0.25) is 0 Å². The fraction of sp³-hybridized carbons (Fsp3) is 0.275. The largest absolute Gasteiger partial charge is 0.508 e. The van der Waals surface area contributed by atoms with Crippen molar-refractivity contribution in [3.8, 4) is 46.0 Å². The molecule has 0 saturated heterocycles. The van der Waals surface area contributed by atoms with Gasteiger partial charge in [-0.15, -0.1) is 0 Å². The van der Waals surface area contributed by atoms with Crippen LogP contribution in [-0.4, -0.2) is 38.4 Å². The van der Waals surface area contributed by atoms with Crippen molar-refractivity contribution >= 4 is 5.78 Å². The van der Waals surface area contributed by atoms with Gasteiger partial charge < -0.3 is 39.7 Å². The van der Waals surface area contributed by atoms with Gasteiger partial charge in [0.15, 0.2) is 5.78 Å². The molecule has 9 nitrogen and oxygen atoms in total. The summed E-state index contributed by atoms with van der Waals surface area (Å²) in [7, 11) is 1.47. The number of phenols is 5. The number of aromatic hydroxyl groups is 5. The second kappa shape index (κ2) is 13.1. The van der Waals surface area contributed by atoms with Crippen LogP contribution in [0.15, 0.2) is 84.5 Å². The SMILES string of the molecule is C=C(C)[C@H](CC=C(C)C)Cc1c2c(c(O)c3c1O[C@@H](c1ccc(O)cc1)[C@@H]3c1cc(O)cc(O)c1)C(=O)C[C@@H](c1ccc(O)cc1OC)O2. The number of methoxy groups -OCH3 is 1. The molecule has 49 heavy (non-hydrogen) atoms. The number of carbonyl (C=O) groups is 1. The molecule has 2 aliphatic rings. The Morgan fingerprint density at radius 2 is 1.55 bits per heavy atom. The number of rotatable bonds is 9. The molecule has 2 aliphatic heterocycles. The van der Waals surface area contributed by atoms with Crippen molar-refractivity contribution in [2.75, 3.05) is 7.11 Å². The van der Waals surface area contributed by atoms with Crippen LogP contribution in [0.3, 0.4) is 0 Å². The van der Waals surface area contributed by atoms with Crippen LogP contribution in [0.1, 0.15) is 89.9 Å². The van der Waals surface area contributed by atoms with E-state index >= 15 is 0 Å². The Kier molecular flexibility index (Phi) is 8.94. The first-order valence-corrected chi connectivity index (χ1v) is 16.1. The molecule has 0 bridgehead atoms. The summed E-state index contributed by atoms with van der Waals surface area (Å²) in [4.78, 5) is 14.2. The molecule has 0 aromatic heterocycles. The van der Waals surface area contributed by atoms with Crippen molar-refractivity contribution in [2.24, 2.45) is 5.92 Å². The number of phenolic OH excluding ortho intramolecular Hbond substituents is 5. The molecule has 4 atom stereocenters. The van der Waals surface area contributed by atoms with Gasteiger partial charge >= 0.3 is 0 Å². The van der Waals surface area contributed by atoms with Gasteiger partial charge in [-0.1, -0.05) is 35.9 Å². The maximum absolute atomic E-state index is 14.2. The van der Waals surface area contributed by atoms with E-state index in [0.717, 1.165) is 11.1 Å². The first-order chi connectivity index (χ1) is 23.4. The van der Waals surface area contributed by atoms with Crippen molar-refractivity contribution in [3.63, 3.8) is 0 Å². The number of allylic oxidation sites excluding steroid dienone is 3. The topological polar surface area (TPSA) is 146 Å². The summed E-state index contributed by atoms with van der Waals surface area (Å²) in [5.74, 6) is -0.950. The first kappa shape index (κ1) is 33.3. The normalized spacial score (nSPS) is 18.4. The van der Waals surface area contributed by atoms with Crippen LogP contribution in [0, 0.1) is 5.92 Å². The van der Waals surface area contributed by atoms with Gasteiger partial charge in [-0.05, 0) is 87.1 Å². The first-order valence-electron chi connectivity index (χ1n) is 16.1. The van der Waals surface area contributed by atoms with E-state index in [1.165, 1.54) is 49.6 Å². The van der Waals surface area contributed by atoms with Crippen LogP contribution in [0.5, 0.6) is 46.0 Å². The number of hydrogen-bond acceptors (Lipinski definition) is 9. The summed E-state index contributed by atoms with van der Waals surface area (Å²) in [6.07, 6.45) is 1.46. The lowest BCUT2D eigenvalue weighted by atomic mass is 9.80. The van der Waals surface area contributed by atoms with Crippen molar-refractivity contribution < 1.29 is 44.5 Å². The minimum Gasteiger partial charge on any atom is -0.508 e. The van der Waals surface area contributed by atoms with E-state index in [-0.39, 0.29) is 58.2 Å². The molecule has 9 heteroatoms. The van der Waals surface area contributed by atoms with E-state index in [9.17, 15) is 30.3 Å². The number of Topliss-reactive ketones (excluding diaryl/α,β-unsaturated/α-hetero) is 1. The van der Waals surface area contributed by atoms with Gasteiger partial charge in [-0.2, -0.15) is 0 Å². The molecule has 6 rings (SSSR count). The molecule has 2 heterocycles.